The average molecular weight is 456 g/mol. The summed E-state index contributed by atoms with van der Waals surface area (Å²) >= 11 is 1.69. The SMILES string of the molecule is Cc1ccc(-c2cc(C(=O)N3CCCC(N)C3)c3cnn(C(C)C)c3n2)s1.Cl.Cl. The van der Waals surface area contributed by atoms with Crippen LogP contribution in [0.5, 0.6) is 0 Å². The fraction of sp³-hybridized carbons (Fsp3) is 0.450. The summed E-state index contributed by atoms with van der Waals surface area (Å²) < 4.78 is 1.89. The topological polar surface area (TPSA) is 77.0 Å². The molecule has 3 aromatic heterocycles. The quantitative estimate of drug-likeness (QED) is 0.632. The Morgan fingerprint density at radius 2 is 2.07 bits per heavy atom. The van der Waals surface area contributed by atoms with E-state index >= 15 is 0 Å². The number of carbonyl (C=O) groups is 1. The highest BCUT2D eigenvalue weighted by molar-refractivity contribution is 7.15. The van der Waals surface area contributed by atoms with Crippen molar-refractivity contribution in [1.29, 1.82) is 0 Å². The summed E-state index contributed by atoms with van der Waals surface area (Å²) in [7, 11) is 0. The van der Waals surface area contributed by atoms with Gasteiger partial charge < -0.3 is 10.6 Å². The molecule has 1 aliphatic heterocycles. The van der Waals surface area contributed by atoms with Crippen LogP contribution in [0, 0.1) is 6.92 Å². The van der Waals surface area contributed by atoms with E-state index in [1.807, 2.05) is 15.6 Å². The Balaban J connectivity index is 0.00000150. The number of pyridine rings is 1. The first-order chi connectivity index (χ1) is 12.9. The van der Waals surface area contributed by atoms with Crippen LogP contribution in [0.2, 0.25) is 0 Å². The van der Waals surface area contributed by atoms with Gasteiger partial charge in [-0.2, -0.15) is 5.10 Å². The number of piperidine rings is 1. The van der Waals surface area contributed by atoms with E-state index in [0.29, 0.717) is 12.1 Å². The molecule has 1 saturated heterocycles. The Labute approximate surface area is 187 Å². The Morgan fingerprint density at radius 3 is 2.69 bits per heavy atom. The lowest BCUT2D eigenvalue weighted by Crippen LogP contribution is -2.45. The number of rotatable bonds is 3. The highest BCUT2D eigenvalue weighted by Crippen LogP contribution is 2.31. The first-order valence-electron chi connectivity index (χ1n) is 9.44. The molecule has 29 heavy (non-hydrogen) atoms. The number of fused-ring (bicyclic) bond motifs is 1. The van der Waals surface area contributed by atoms with Crippen LogP contribution in [-0.2, 0) is 0 Å². The average Bonchev–Trinajstić information content (AvgIpc) is 3.26. The van der Waals surface area contributed by atoms with Crippen molar-refractivity contribution < 1.29 is 4.79 Å². The zero-order valence-corrected chi connectivity index (χ0v) is 19.2. The smallest absolute Gasteiger partial charge is 0.254 e. The van der Waals surface area contributed by atoms with Crippen LogP contribution in [0.3, 0.4) is 0 Å². The van der Waals surface area contributed by atoms with E-state index < -0.39 is 0 Å². The number of aryl methyl sites for hydroxylation is 1. The third-order valence-corrected chi connectivity index (χ3v) is 6.05. The van der Waals surface area contributed by atoms with Crippen molar-refractivity contribution >= 4 is 53.1 Å². The monoisotopic (exact) mass is 455 g/mol. The zero-order valence-electron chi connectivity index (χ0n) is 16.8. The third-order valence-electron chi connectivity index (χ3n) is 5.02. The Bertz CT molecular complexity index is 1000. The van der Waals surface area contributed by atoms with Crippen LogP contribution in [0.4, 0.5) is 0 Å². The van der Waals surface area contributed by atoms with Crippen LogP contribution in [0.15, 0.2) is 24.4 Å². The maximum atomic E-state index is 13.3. The minimum atomic E-state index is 0. The summed E-state index contributed by atoms with van der Waals surface area (Å²) in [6.45, 7) is 7.57. The molecule has 2 N–H and O–H groups in total. The van der Waals surface area contributed by atoms with Gasteiger partial charge in [0, 0.05) is 30.1 Å². The molecule has 6 nitrogen and oxygen atoms in total. The van der Waals surface area contributed by atoms with Gasteiger partial charge in [-0.05, 0) is 51.8 Å². The number of carbonyl (C=O) groups excluding carboxylic acids is 1. The van der Waals surface area contributed by atoms with Gasteiger partial charge in [0.25, 0.3) is 5.91 Å². The van der Waals surface area contributed by atoms with Gasteiger partial charge in [-0.1, -0.05) is 0 Å². The molecule has 158 valence electrons. The molecule has 4 rings (SSSR count). The number of aromatic nitrogens is 3. The fourth-order valence-corrected chi connectivity index (χ4v) is 4.46. The lowest BCUT2D eigenvalue weighted by molar-refractivity contribution is 0.0711. The van der Waals surface area contributed by atoms with Crippen LogP contribution in [0.1, 0.15) is 48.0 Å². The van der Waals surface area contributed by atoms with Gasteiger partial charge in [0.2, 0.25) is 0 Å². The predicted molar refractivity (Wildman–Crippen MR) is 124 cm³/mol. The number of likely N-dealkylation sites (tertiary alicyclic amines) is 1. The lowest BCUT2D eigenvalue weighted by Gasteiger charge is -2.31. The number of amides is 1. The predicted octanol–water partition coefficient (Wildman–Crippen LogP) is 4.46. The Morgan fingerprint density at radius 1 is 1.31 bits per heavy atom. The van der Waals surface area contributed by atoms with E-state index in [-0.39, 0.29) is 42.8 Å². The van der Waals surface area contributed by atoms with Gasteiger partial charge in [-0.15, -0.1) is 36.2 Å². The largest absolute Gasteiger partial charge is 0.337 e. The summed E-state index contributed by atoms with van der Waals surface area (Å²) in [5, 5.41) is 5.31. The Kier molecular flexibility index (Phi) is 7.67. The molecule has 0 saturated carbocycles. The minimum Gasteiger partial charge on any atom is -0.337 e. The van der Waals surface area contributed by atoms with Gasteiger partial charge >= 0.3 is 0 Å². The van der Waals surface area contributed by atoms with Gasteiger partial charge in [-0.25, -0.2) is 9.67 Å². The first kappa shape index (κ1) is 23.6. The van der Waals surface area contributed by atoms with E-state index in [2.05, 4.69) is 38.0 Å². The second-order valence-corrected chi connectivity index (χ2v) is 8.83. The van der Waals surface area contributed by atoms with E-state index in [9.17, 15) is 4.79 Å². The van der Waals surface area contributed by atoms with E-state index in [0.717, 1.165) is 41.0 Å². The van der Waals surface area contributed by atoms with Crippen molar-refractivity contribution in [2.75, 3.05) is 13.1 Å². The van der Waals surface area contributed by atoms with Gasteiger partial charge in [0.05, 0.1) is 27.7 Å². The number of thiophene rings is 1. The number of hydrogen-bond acceptors (Lipinski definition) is 5. The van der Waals surface area contributed by atoms with Crippen molar-refractivity contribution in [3.63, 3.8) is 0 Å². The summed E-state index contributed by atoms with van der Waals surface area (Å²) in [6, 6.07) is 6.29. The molecular weight excluding hydrogens is 429 g/mol. The third kappa shape index (κ3) is 4.58. The molecule has 0 spiro atoms. The van der Waals surface area contributed by atoms with Crippen molar-refractivity contribution in [3.8, 4) is 10.6 Å². The summed E-state index contributed by atoms with van der Waals surface area (Å²) in [5.41, 5.74) is 8.36. The van der Waals surface area contributed by atoms with Crippen LogP contribution < -0.4 is 5.73 Å². The zero-order chi connectivity index (χ0) is 19.1. The van der Waals surface area contributed by atoms with E-state index in [1.165, 1.54) is 4.88 Å². The highest BCUT2D eigenvalue weighted by atomic mass is 35.5. The van der Waals surface area contributed by atoms with Gasteiger partial charge in [0.1, 0.15) is 0 Å². The molecule has 3 aromatic rings. The second kappa shape index (κ2) is 9.43. The van der Waals surface area contributed by atoms with Crippen molar-refractivity contribution in [3.05, 3.63) is 34.8 Å². The molecule has 1 aliphatic rings. The number of halogens is 2. The maximum absolute atomic E-state index is 13.3. The van der Waals surface area contributed by atoms with Gasteiger partial charge in [0.15, 0.2) is 5.65 Å². The van der Waals surface area contributed by atoms with Crippen molar-refractivity contribution in [1.82, 2.24) is 19.7 Å². The molecule has 1 amide bonds. The first-order valence-corrected chi connectivity index (χ1v) is 10.3. The molecule has 0 radical (unpaired) electrons. The maximum Gasteiger partial charge on any atom is 0.254 e. The van der Waals surface area contributed by atoms with Crippen LogP contribution in [0.25, 0.3) is 21.6 Å². The van der Waals surface area contributed by atoms with E-state index in [1.54, 1.807) is 17.5 Å². The number of nitrogens with zero attached hydrogens (tertiary/aromatic N) is 4. The minimum absolute atomic E-state index is 0. The summed E-state index contributed by atoms with van der Waals surface area (Å²) in [5.74, 6) is 0.0235. The molecule has 9 heteroatoms. The molecule has 1 fully saturated rings. The standard InChI is InChI=1S/C20H25N5OS.2ClH/c1-12(2)25-19-16(10-22-25)15(20(26)24-8-4-5-14(21)11-24)9-17(23-19)18-7-6-13(3)27-18;;/h6-7,9-10,12,14H,4-5,8,11,21H2,1-3H3;2*1H. The fourth-order valence-electron chi connectivity index (χ4n) is 3.64. The van der Waals surface area contributed by atoms with Crippen LogP contribution in [-0.4, -0.2) is 44.7 Å². The molecule has 0 aromatic carbocycles. The molecule has 4 heterocycles. The van der Waals surface area contributed by atoms with Crippen LogP contribution >= 0.6 is 36.2 Å². The summed E-state index contributed by atoms with van der Waals surface area (Å²) in [6.07, 6.45) is 3.69. The van der Waals surface area contributed by atoms with Gasteiger partial charge in [-0.3, -0.25) is 4.79 Å². The Hall–Kier alpha value is -1.67. The summed E-state index contributed by atoms with van der Waals surface area (Å²) in [4.78, 5) is 22.4. The molecule has 0 aliphatic carbocycles. The normalized spacial score (nSPS) is 16.6. The number of hydrogen-bond donors (Lipinski definition) is 1. The number of nitrogens with two attached hydrogens (primary N) is 1. The molecule has 1 unspecified atom stereocenters. The molecule has 0 bridgehead atoms. The molecular formula is C20H27Cl2N5OS. The molecule has 1 atom stereocenters. The van der Waals surface area contributed by atoms with Crippen molar-refractivity contribution in [2.24, 2.45) is 5.73 Å². The van der Waals surface area contributed by atoms with E-state index in [4.69, 9.17) is 10.7 Å². The second-order valence-electron chi connectivity index (χ2n) is 7.54. The van der Waals surface area contributed by atoms with Crippen molar-refractivity contribution in [2.45, 2.75) is 45.7 Å². The lowest BCUT2D eigenvalue weighted by atomic mass is 10.0. The highest BCUT2D eigenvalue weighted by Gasteiger charge is 2.26.